The van der Waals surface area contributed by atoms with Crippen molar-refractivity contribution in [2.24, 2.45) is 0 Å². The Labute approximate surface area is 93.3 Å². The monoisotopic (exact) mass is 221 g/mol. The summed E-state index contributed by atoms with van der Waals surface area (Å²) >= 11 is 5.88. The second kappa shape index (κ2) is 4.03. The van der Waals surface area contributed by atoms with Crippen LogP contribution in [0.5, 0.6) is 0 Å². The Morgan fingerprint density at radius 3 is 2.87 bits per heavy atom. The molecule has 0 aliphatic heterocycles. The molecule has 2 aromatic rings. The quantitative estimate of drug-likeness (QED) is 0.849. The smallest absolute Gasteiger partial charge is 0.135 e. The molecule has 3 nitrogen and oxygen atoms in total. The highest BCUT2D eigenvalue weighted by Gasteiger charge is 2.04. The molecule has 1 aromatic heterocycles. The second-order valence-electron chi connectivity index (χ2n) is 3.44. The average molecular weight is 222 g/mol. The van der Waals surface area contributed by atoms with Crippen molar-refractivity contribution in [1.29, 1.82) is 0 Å². The Morgan fingerprint density at radius 1 is 1.33 bits per heavy atom. The topological polar surface area (TPSA) is 51.8 Å². The van der Waals surface area contributed by atoms with Gasteiger partial charge in [0.1, 0.15) is 11.6 Å². The highest BCUT2D eigenvalue weighted by molar-refractivity contribution is 6.31. The minimum atomic E-state index is 0.506. The average Bonchev–Trinajstić information content (AvgIpc) is 2.20. The van der Waals surface area contributed by atoms with Gasteiger partial charge in [-0.3, -0.25) is 0 Å². The summed E-state index contributed by atoms with van der Waals surface area (Å²) in [6, 6.07) is 5.48. The predicted molar refractivity (Wildman–Crippen MR) is 63.0 cm³/mol. The van der Waals surface area contributed by atoms with Crippen LogP contribution in [0.3, 0.4) is 0 Å². The molecule has 78 valence electrons. The van der Waals surface area contributed by atoms with Crippen molar-refractivity contribution in [3.8, 4) is 0 Å². The van der Waals surface area contributed by atoms with Crippen LogP contribution in [0.25, 0.3) is 10.9 Å². The van der Waals surface area contributed by atoms with Gasteiger partial charge in [-0.1, -0.05) is 18.5 Å². The van der Waals surface area contributed by atoms with Gasteiger partial charge in [-0.15, -0.1) is 0 Å². The molecule has 4 heteroatoms. The molecule has 0 spiro atoms. The van der Waals surface area contributed by atoms with Gasteiger partial charge < -0.3 is 5.73 Å². The zero-order valence-electron chi connectivity index (χ0n) is 8.50. The van der Waals surface area contributed by atoms with E-state index in [4.69, 9.17) is 17.3 Å². The maximum Gasteiger partial charge on any atom is 0.135 e. The van der Waals surface area contributed by atoms with E-state index in [1.807, 2.05) is 12.1 Å². The summed E-state index contributed by atoms with van der Waals surface area (Å²) in [7, 11) is 0. The van der Waals surface area contributed by atoms with Crippen LogP contribution in [0.2, 0.25) is 5.02 Å². The standard InChI is InChI=1S/C11H12ClN3/c1-2-3-10-14-9-5-4-7(12)6-8(9)11(13)15-10/h4-6H,2-3H2,1H3,(H2,13,14,15). The number of fused-ring (bicyclic) bond motifs is 1. The lowest BCUT2D eigenvalue weighted by Gasteiger charge is -2.04. The van der Waals surface area contributed by atoms with Crippen LogP contribution >= 0.6 is 11.6 Å². The molecule has 0 amide bonds. The van der Waals surface area contributed by atoms with Crippen LogP contribution in [0.4, 0.5) is 5.82 Å². The number of anilines is 1. The Morgan fingerprint density at radius 2 is 2.13 bits per heavy atom. The normalized spacial score (nSPS) is 10.8. The van der Waals surface area contributed by atoms with Crippen molar-refractivity contribution in [2.45, 2.75) is 19.8 Å². The summed E-state index contributed by atoms with van der Waals surface area (Å²) in [4.78, 5) is 8.66. The number of halogens is 1. The summed E-state index contributed by atoms with van der Waals surface area (Å²) in [6.45, 7) is 2.09. The molecular weight excluding hydrogens is 210 g/mol. The van der Waals surface area contributed by atoms with E-state index in [2.05, 4.69) is 16.9 Å². The Kier molecular flexibility index (Phi) is 2.73. The van der Waals surface area contributed by atoms with Gasteiger partial charge in [0.05, 0.1) is 5.52 Å². The number of aryl methyl sites for hydroxylation is 1. The fourth-order valence-electron chi connectivity index (χ4n) is 1.51. The number of nitrogens with two attached hydrogens (primary N) is 1. The SMILES string of the molecule is CCCc1nc(N)c2cc(Cl)ccc2n1. The third-order valence-corrected chi connectivity index (χ3v) is 2.44. The van der Waals surface area contributed by atoms with E-state index in [9.17, 15) is 0 Å². The fraction of sp³-hybridized carbons (Fsp3) is 0.273. The molecule has 2 rings (SSSR count). The summed E-state index contributed by atoms with van der Waals surface area (Å²) in [5.41, 5.74) is 6.70. The lowest BCUT2D eigenvalue weighted by atomic mass is 10.2. The number of aromatic nitrogens is 2. The van der Waals surface area contributed by atoms with E-state index >= 15 is 0 Å². The van der Waals surface area contributed by atoms with Gasteiger partial charge in [0, 0.05) is 16.8 Å². The first kappa shape index (κ1) is 10.2. The number of rotatable bonds is 2. The van der Waals surface area contributed by atoms with Crippen molar-refractivity contribution in [1.82, 2.24) is 9.97 Å². The molecular formula is C11H12ClN3. The van der Waals surface area contributed by atoms with E-state index in [-0.39, 0.29) is 0 Å². The fourth-order valence-corrected chi connectivity index (χ4v) is 1.68. The molecule has 0 aliphatic rings. The van der Waals surface area contributed by atoms with E-state index in [1.165, 1.54) is 0 Å². The first-order valence-corrected chi connectivity index (χ1v) is 5.30. The van der Waals surface area contributed by atoms with Crippen molar-refractivity contribution in [2.75, 3.05) is 5.73 Å². The molecule has 2 N–H and O–H groups in total. The molecule has 0 bridgehead atoms. The molecule has 1 aromatic carbocycles. The number of hydrogen-bond donors (Lipinski definition) is 1. The lowest BCUT2D eigenvalue weighted by molar-refractivity contribution is 0.847. The molecule has 0 fully saturated rings. The van der Waals surface area contributed by atoms with Gasteiger partial charge in [-0.05, 0) is 24.6 Å². The van der Waals surface area contributed by atoms with Crippen LogP contribution in [0, 0.1) is 0 Å². The largest absolute Gasteiger partial charge is 0.383 e. The molecule has 0 saturated carbocycles. The molecule has 1 heterocycles. The van der Waals surface area contributed by atoms with Gasteiger partial charge in [-0.2, -0.15) is 0 Å². The van der Waals surface area contributed by atoms with E-state index in [1.54, 1.807) is 6.07 Å². The number of nitrogen functional groups attached to an aromatic ring is 1. The molecule has 0 aliphatic carbocycles. The summed E-state index contributed by atoms with van der Waals surface area (Å²) in [6.07, 6.45) is 1.86. The maximum atomic E-state index is 5.88. The van der Waals surface area contributed by atoms with Crippen LogP contribution in [-0.4, -0.2) is 9.97 Å². The van der Waals surface area contributed by atoms with Crippen LogP contribution in [-0.2, 0) is 6.42 Å². The van der Waals surface area contributed by atoms with Gasteiger partial charge in [-0.25, -0.2) is 9.97 Å². The molecule has 0 saturated heterocycles. The number of benzene rings is 1. The maximum absolute atomic E-state index is 5.88. The van der Waals surface area contributed by atoms with Crippen molar-refractivity contribution in [3.63, 3.8) is 0 Å². The predicted octanol–water partition coefficient (Wildman–Crippen LogP) is 2.82. The first-order chi connectivity index (χ1) is 7.20. The Bertz CT molecular complexity index is 496. The Hall–Kier alpha value is -1.35. The van der Waals surface area contributed by atoms with Gasteiger partial charge >= 0.3 is 0 Å². The van der Waals surface area contributed by atoms with Crippen molar-refractivity contribution >= 4 is 28.3 Å². The first-order valence-electron chi connectivity index (χ1n) is 4.92. The van der Waals surface area contributed by atoms with E-state index in [0.717, 1.165) is 29.6 Å². The lowest BCUT2D eigenvalue weighted by Crippen LogP contribution is -2.00. The van der Waals surface area contributed by atoms with Crippen LogP contribution in [0.1, 0.15) is 19.2 Å². The third-order valence-electron chi connectivity index (χ3n) is 2.21. The summed E-state index contributed by atoms with van der Waals surface area (Å²) in [5.74, 6) is 1.30. The minimum absolute atomic E-state index is 0.506. The number of hydrogen-bond acceptors (Lipinski definition) is 3. The zero-order chi connectivity index (χ0) is 10.8. The van der Waals surface area contributed by atoms with Crippen molar-refractivity contribution < 1.29 is 0 Å². The minimum Gasteiger partial charge on any atom is -0.383 e. The molecule has 0 atom stereocenters. The number of nitrogens with zero attached hydrogens (tertiary/aromatic N) is 2. The third kappa shape index (κ3) is 2.02. The Balaban J connectivity index is 2.62. The summed E-state index contributed by atoms with van der Waals surface area (Å²) in [5, 5.41) is 1.48. The van der Waals surface area contributed by atoms with Gasteiger partial charge in [0.15, 0.2) is 0 Å². The van der Waals surface area contributed by atoms with E-state index < -0.39 is 0 Å². The highest BCUT2D eigenvalue weighted by atomic mass is 35.5. The van der Waals surface area contributed by atoms with Gasteiger partial charge in [0.2, 0.25) is 0 Å². The second-order valence-corrected chi connectivity index (χ2v) is 3.87. The highest BCUT2D eigenvalue weighted by Crippen LogP contribution is 2.22. The van der Waals surface area contributed by atoms with Crippen LogP contribution in [0.15, 0.2) is 18.2 Å². The zero-order valence-corrected chi connectivity index (χ0v) is 9.25. The van der Waals surface area contributed by atoms with Gasteiger partial charge in [0.25, 0.3) is 0 Å². The van der Waals surface area contributed by atoms with E-state index in [0.29, 0.717) is 10.8 Å². The van der Waals surface area contributed by atoms with Crippen LogP contribution < -0.4 is 5.73 Å². The molecule has 0 radical (unpaired) electrons. The van der Waals surface area contributed by atoms with Crippen molar-refractivity contribution in [3.05, 3.63) is 29.0 Å². The molecule has 0 unspecified atom stereocenters. The molecule has 15 heavy (non-hydrogen) atoms. The summed E-state index contributed by atoms with van der Waals surface area (Å²) < 4.78 is 0.